The topological polar surface area (TPSA) is 12.5 Å². The van der Waals surface area contributed by atoms with Crippen LogP contribution in [0.4, 0.5) is 0 Å². The molecule has 0 spiro atoms. The number of allylic oxidation sites excluding steroid dienone is 1. The number of rotatable bonds is 5. The fourth-order valence-electron chi connectivity index (χ4n) is 4.77. The van der Waals surface area contributed by atoms with E-state index in [1.165, 1.54) is 46.7 Å². The van der Waals surface area contributed by atoms with E-state index >= 15 is 0 Å². The molecule has 30 heavy (non-hydrogen) atoms. The molecular weight excluding hydrogens is 390 g/mol. The van der Waals surface area contributed by atoms with Gasteiger partial charge in [0.05, 0.1) is 7.11 Å². The third kappa shape index (κ3) is 4.88. The molecule has 0 aliphatic heterocycles. The SMILES string of the molecule is COc1cccc(C2=C(CN(C)C)CCCC(c3cccc4ccccc34)C2)c1.Cl. The number of hydrogen-bond donors (Lipinski definition) is 0. The van der Waals surface area contributed by atoms with Crippen molar-refractivity contribution in [3.63, 3.8) is 0 Å². The number of fused-ring (bicyclic) bond motifs is 1. The second-order valence-corrected chi connectivity index (χ2v) is 8.41. The fourth-order valence-corrected chi connectivity index (χ4v) is 4.77. The molecular formula is C27H32ClNO. The zero-order valence-corrected chi connectivity index (χ0v) is 19.0. The van der Waals surface area contributed by atoms with Crippen LogP contribution < -0.4 is 4.74 Å². The van der Waals surface area contributed by atoms with Gasteiger partial charge in [-0.15, -0.1) is 12.4 Å². The molecule has 4 rings (SSSR count). The number of ether oxygens (including phenoxy) is 1. The summed E-state index contributed by atoms with van der Waals surface area (Å²) in [5, 5.41) is 2.75. The van der Waals surface area contributed by atoms with Crippen LogP contribution >= 0.6 is 12.4 Å². The Labute approximate surface area is 187 Å². The lowest BCUT2D eigenvalue weighted by molar-refractivity contribution is 0.414. The number of halogens is 1. The Morgan fingerprint density at radius 3 is 2.53 bits per heavy atom. The lowest BCUT2D eigenvalue weighted by Gasteiger charge is -2.21. The quantitative estimate of drug-likeness (QED) is 0.442. The van der Waals surface area contributed by atoms with E-state index in [0.29, 0.717) is 5.92 Å². The van der Waals surface area contributed by atoms with Gasteiger partial charge in [0.2, 0.25) is 0 Å². The molecule has 0 bridgehead atoms. The molecule has 1 aliphatic carbocycles. The molecule has 158 valence electrons. The predicted octanol–water partition coefficient (Wildman–Crippen LogP) is 6.94. The van der Waals surface area contributed by atoms with Gasteiger partial charge >= 0.3 is 0 Å². The highest BCUT2D eigenvalue weighted by Crippen LogP contribution is 2.41. The van der Waals surface area contributed by atoms with Crippen LogP contribution in [0.25, 0.3) is 16.3 Å². The molecule has 0 saturated heterocycles. The molecule has 0 aromatic heterocycles. The van der Waals surface area contributed by atoms with Gasteiger partial charge in [-0.2, -0.15) is 0 Å². The minimum atomic E-state index is 0. The van der Waals surface area contributed by atoms with Gasteiger partial charge in [-0.1, -0.05) is 60.2 Å². The number of benzene rings is 3. The molecule has 1 aliphatic rings. The monoisotopic (exact) mass is 421 g/mol. The highest BCUT2D eigenvalue weighted by atomic mass is 35.5. The van der Waals surface area contributed by atoms with Crippen molar-refractivity contribution in [3.8, 4) is 5.75 Å². The van der Waals surface area contributed by atoms with Crippen LogP contribution in [0.15, 0.2) is 72.3 Å². The van der Waals surface area contributed by atoms with E-state index in [1.54, 1.807) is 12.7 Å². The third-order valence-electron chi connectivity index (χ3n) is 6.10. The molecule has 0 radical (unpaired) electrons. The standard InChI is InChI=1S/C27H31NO.ClH/c1-28(2)19-23-13-6-11-22(18-27(23)21-12-7-14-24(17-21)29-3)26-16-8-10-20-9-4-5-15-25(20)26;/h4-5,7-10,12,14-17,22H,6,11,13,18-19H2,1-3H3;1H. The first-order valence-electron chi connectivity index (χ1n) is 10.6. The van der Waals surface area contributed by atoms with Gasteiger partial charge in [0.15, 0.2) is 0 Å². The summed E-state index contributed by atoms with van der Waals surface area (Å²) in [5.74, 6) is 1.48. The summed E-state index contributed by atoms with van der Waals surface area (Å²) in [6.45, 7) is 1.02. The van der Waals surface area contributed by atoms with Gasteiger partial charge < -0.3 is 9.64 Å². The van der Waals surface area contributed by atoms with Crippen molar-refractivity contribution in [3.05, 3.63) is 83.4 Å². The number of methoxy groups -OCH3 is 1. The van der Waals surface area contributed by atoms with Gasteiger partial charge in [0.1, 0.15) is 5.75 Å². The molecule has 3 aromatic carbocycles. The van der Waals surface area contributed by atoms with Crippen LogP contribution in [0.3, 0.4) is 0 Å². The average molecular weight is 422 g/mol. The van der Waals surface area contributed by atoms with Crippen molar-refractivity contribution in [1.82, 2.24) is 4.90 Å². The van der Waals surface area contributed by atoms with Crippen LogP contribution in [-0.2, 0) is 0 Å². The molecule has 3 heteroatoms. The Hall–Kier alpha value is -2.29. The van der Waals surface area contributed by atoms with E-state index < -0.39 is 0 Å². The summed E-state index contributed by atoms with van der Waals surface area (Å²) in [6, 6.07) is 24.2. The Balaban J connectivity index is 0.00000256. The fraction of sp³-hybridized carbons (Fsp3) is 0.333. The van der Waals surface area contributed by atoms with Crippen molar-refractivity contribution in [2.24, 2.45) is 0 Å². The molecule has 0 N–H and O–H groups in total. The van der Waals surface area contributed by atoms with Crippen molar-refractivity contribution in [2.75, 3.05) is 27.7 Å². The molecule has 3 aromatic rings. The minimum Gasteiger partial charge on any atom is -0.497 e. The summed E-state index contributed by atoms with van der Waals surface area (Å²) in [6.07, 6.45) is 4.74. The summed E-state index contributed by atoms with van der Waals surface area (Å²) < 4.78 is 5.53. The van der Waals surface area contributed by atoms with E-state index in [2.05, 4.69) is 79.7 Å². The summed E-state index contributed by atoms with van der Waals surface area (Å²) in [5.41, 5.74) is 5.89. The molecule has 0 saturated carbocycles. The van der Waals surface area contributed by atoms with Crippen LogP contribution in [-0.4, -0.2) is 32.6 Å². The lowest BCUT2D eigenvalue weighted by Crippen LogP contribution is -2.16. The number of nitrogens with zero attached hydrogens (tertiary/aromatic N) is 1. The smallest absolute Gasteiger partial charge is 0.119 e. The van der Waals surface area contributed by atoms with Crippen LogP contribution in [0.5, 0.6) is 5.75 Å². The molecule has 2 nitrogen and oxygen atoms in total. The zero-order valence-electron chi connectivity index (χ0n) is 18.2. The number of hydrogen-bond acceptors (Lipinski definition) is 2. The first-order chi connectivity index (χ1) is 14.2. The molecule has 0 fully saturated rings. The highest BCUT2D eigenvalue weighted by Gasteiger charge is 2.23. The van der Waals surface area contributed by atoms with E-state index in [4.69, 9.17) is 4.74 Å². The normalized spacial score (nSPS) is 17.0. The van der Waals surface area contributed by atoms with Gasteiger partial charge in [-0.05, 0) is 85.3 Å². The Morgan fingerprint density at radius 1 is 0.967 bits per heavy atom. The minimum absolute atomic E-state index is 0. The van der Waals surface area contributed by atoms with E-state index in [-0.39, 0.29) is 12.4 Å². The van der Waals surface area contributed by atoms with Crippen LogP contribution in [0, 0.1) is 0 Å². The van der Waals surface area contributed by atoms with Crippen molar-refractivity contribution < 1.29 is 4.74 Å². The van der Waals surface area contributed by atoms with Gasteiger partial charge in [-0.3, -0.25) is 0 Å². The van der Waals surface area contributed by atoms with Crippen molar-refractivity contribution in [2.45, 2.75) is 31.6 Å². The molecule has 0 heterocycles. The summed E-state index contributed by atoms with van der Waals surface area (Å²) >= 11 is 0. The summed E-state index contributed by atoms with van der Waals surface area (Å²) in [7, 11) is 6.09. The second kappa shape index (κ2) is 10.1. The third-order valence-corrected chi connectivity index (χ3v) is 6.10. The zero-order chi connectivity index (χ0) is 20.2. The predicted molar refractivity (Wildman–Crippen MR) is 131 cm³/mol. The molecule has 1 unspecified atom stereocenters. The maximum absolute atomic E-state index is 5.53. The summed E-state index contributed by atoms with van der Waals surface area (Å²) in [4.78, 5) is 2.30. The Morgan fingerprint density at radius 2 is 1.73 bits per heavy atom. The van der Waals surface area contributed by atoms with Crippen LogP contribution in [0.1, 0.15) is 42.7 Å². The highest BCUT2D eigenvalue weighted by molar-refractivity contribution is 5.86. The lowest BCUT2D eigenvalue weighted by atomic mass is 9.84. The number of likely N-dealkylation sites (N-methyl/N-ethyl adjacent to an activating group) is 1. The van der Waals surface area contributed by atoms with Gasteiger partial charge in [-0.25, -0.2) is 0 Å². The maximum atomic E-state index is 5.53. The average Bonchev–Trinajstić information content (AvgIpc) is 2.95. The van der Waals surface area contributed by atoms with Gasteiger partial charge in [0.25, 0.3) is 0 Å². The molecule has 0 amide bonds. The first-order valence-corrected chi connectivity index (χ1v) is 10.6. The Bertz CT molecular complexity index is 1020. The Kier molecular flexibility index (Phi) is 7.58. The molecule has 1 atom stereocenters. The van der Waals surface area contributed by atoms with E-state index in [0.717, 1.165) is 18.7 Å². The largest absolute Gasteiger partial charge is 0.497 e. The van der Waals surface area contributed by atoms with E-state index in [1.807, 2.05) is 6.07 Å². The van der Waals surface area contributed by atoms with Gasteiger partial charge in [0, 0.05) is 6.54 Å². The van der Waals surface area contributed by atoms with Crippen molar-refractivity contribution >= 4 is 28.8 Å². The maximum Gasteiger partial charge on any atom is 0.119 e. The first kappa shape index (κ1) is 22.4. The second-order valence-electron chi connectivity index (χ2n) is 8.41. The van der Waals surface area contributed by atoms with Crippen molar-refractivity contribution in [1.29, 1.82) is 0 Å². The van der Waals surface area contributed by atoms with E-state index in [9.17, 15) is 0 Å². The van der Waals surface area contributed by atoms with Crippen LogP contribution in [0.2, 0.25) is 0 Å².